The second kappa shape index (κ2) is 5.13. The summed E-state index contributed by atoms with van der Waals surface area (Å²) >= 11 is 0. The lowest BCUT2D eigenvalue weighted by Crippen LogP contribution is -2.16. The van der Waals surface area contributed by atoms with Gasteiger partial charge >= 0.3 is 6.18 Å². The van der Waals surface area contributed by atoms with Crippen LogP contribution in [0.1, 0.15) is 35.2 Å². The Bertz CT molecular complexity index is 768. The number of nitrogens with zero attached hydrogens (tertiary/aromatic N) is 3. The van der Waals surface area contributed by atoms with Crippen molar-refractivity contribution >= 4 is 0 Å². The van der Waals surface area contributed by atoms with Gasteiger partial charge in [0, 0.05) is 5.69 Å². The summed E-state index contributed by atoms with van der Waals surface area (Å²) in [5, 5.41) is 13.1. The highest BCUT2D eigenvalue weighted by Gasteiger charge is 2.37. The Balaban J connectivity index is 2.31. The maximum absolute atomic E-state index is 13.4. The quantitative estimate of drug-likeness (QED) is 0.752. The van der Waals surface area contributed by atoms with Crippen molar-refractivity contribution in [1.29, 1.82) is 5.26 Å². The highest BCUT2D eigenvalue weighted by molar-refractivity contribution is 5.56. The normalized spacial score (nSPS) is 14.5. The summed E-state index contributed by atoms with van der Waals surface area (Å²) in [5.74, 6) is -1.09. The SMILES string of the molecule is N#Cc1cc(F)cc(C(F)(F)F)c1-n1ncc2c1CCCC2. The minimum Gasteiger partial charge on any atom is -0.236 e. The van der Waals surface area contributed by atoms with Crippen LogP contribution in [0, 0.1) is 17.1 Å². The average Bonchev–Trinajstić information content (AvgIpc) is 2.89. The first-order valence-corrected chi connectivity index (χ1v) is 6.79. The van der Waals surface area contributed by atoms with E-state index in [2.05, 4.69) is 5.10 Å². The smallest absolute Gasteiger partial charge is 0.236 e. The van der Waals surface area contributed by atoms with Gasteiger partial charge in [0.05, 0.1) is 23.0 Å². The molecule has 114 valence electrons. The van der Waals surface area contributed by atoms with E-state index in [9.17, 15) is 17.6 Å². The fraction of sp³-hybridized carbons (Fsp3) is 0.333. The molecule has 7 heteroatoms. The van der Waals surface area contributed by atoms with Gasteiger partial charge in [-0.25, -0.2) is 9.07 Å². The number of benzene rings is 1. The summed E-state index contributed by atoms with van der Waals surface area (Å²) in [6.07, 6.45) is -0.0905. The van der Waals surface area contributed by atoms with Crippen LogP contribution in [0.3, 0.4) is 0 Å². The minimum absolute atomic E-state index is 0.371. The van der Waals surface area contributed by atoms with Gasteiger partial charge in [-0.1, -0.05) is 0 Å². The molecule has 0 bridgehead atoms. The number of nitriles is 1. The monoisotopic (exact) mass is 309 g/mol. The van der Waals surface area contributed by atoms with Gasteiger partial charge in [0.25, 0.3) is 0 Å². The molecular formula is C15H11F4N3. The topological polar surface area (TPSA) is 41.6 Å². The fourth-order valence-electron chi connectivity index (χ4n) is 2.81. The molecule has 1 heterocycles. The number of rotatable bonds is 1. The van der Waals surface area contributed by atoms with Crippen LogP contribution in [-0.2, 0) is 19.0 Å². The Morgan fingerprint density at radius 1 is 1.18 bits per heavy atom. The zero-order valence-corrected chi connectivity index (χ0v) is 11.4. The van der Waals surface area contributed by atoms with Crippen molar-refractivity contribution in [3.05, 3.63) is 46.5 Å². The molecule has 0 saturated heterocycles. The van der Waals surface area contributed by atoms with Gasteiger partial charge in [0.2, 0.25) is 0 Å². The van der Waals surface area contributed by atoms with E-state index < -0.39 is 17.6 Å². The number of fused-ring (bicyclic) bond motifs is 1. The molecule has 0 spiro atoms. The first-order chi connectivity index (χ1) is 10.4. The third kappa shape index (κ3) is 2.34. The van der Waals surface area contributed by atoms with Gasteiger partial charge < -0.3 is 0 Å². The van der Waals surface area contributed by atoms with E-state index in [0.29, 0.717) is 18.2 Å². The van der Waals surface area contributed by atoms with Gasteiger partial charge in [0.1, 0.15) is 11.9 Å². The molecule has 0 fully saturated rings. The number of aryl methyl sites for hydroxylation is 1. The van der Waals surface area contributed by atoms with Gasteiger partial charge in [-0.3, -0.25) is 0 Å². The molecular weight excluding hydrogens is 298 g/mol. The number of hydrogen-bond acceptors (Lipinski definition) is 2. The first kappa shape index (κ1) is 14.6. The van der Waals surface area contributed by atoms with E-state index in [0.717, 1.165) is 35.6 Å². The van der Waals surface area contributed by atoms with Crippen molar-refractivity contribution < 1.29 is 17.6 Å². The molecule has 22 heavy (non-hydrogen) atoms. The van der Waals surface area contributed by atoms with E-state index in [1.54, 1.807) is 6.07 Å². The van der Waals surface area contributed by atoms with Gasteiger partial charge in [-0.05, 0) is 43.4 Å². The van der Waals surface area contributed by atoms with Crippen LogP contribution in [0.5, 0.6) is 0 Å². The third-order valence-electron chi connectivity index (χ3n) is 3.78. The third-order valence-corrected chi connectivity index (χ3v) is 3.78. The Morgan fingerprint density at radius 2 is 1.91 bits per heavy atom. The molecule has 0 aliphatic heterocycles. The van der Waals surface area contributed by atoms with Gasteiger partial charge in [0.15, 0.2) is 0 Å². The number of hydrogen-bond donors (Lipinski definition) is 0. The lowest BCUT2D eigenvalue weighted by atomic mass is 9.97. The van der Waals surface area contributed by atoms with Crippen molar-refractivity contribution in [3.8, 4) is 11.8 Å². The lowest BCUT2D eigenvalue weighted by Gasteiger charge is -2.18. The van der Waals surface area contributed by atoms with Crippen LogP contribution in [0.15, 0.2) is 18.3 Å². The van der Waals surface area contributed by atoms with Gasteiger partial charge in [-0.15, -0.1) is 0 Å². The zero-order valence-electron chi connectivity index (χ0n) is 11.4. The predicted octanol–water partition coefficient (Wildman–Crippen LogP) is 3.78. The summed E-state index contributed by atoms with van der Waals surface area (Å²) in [5.41, 5.74) is -0.392. The first-order valence-electron chi connectivity index (χ1n) is 6.79. The molecule has 1 aromatic heterocycles. The van der Waals surface area contributed by atoms with E-state index in [1.807, 2.05) is 0 Å². The van der Waals surface area contributed by atoms with Crippen molar-refractivity contribution in [3.63, 3.8) is 0 Å². The van der Waals surface area contributed by atoms with Crippen molar-refractivity contribution in [2.45, 2.75) is 31.9 Å². The molecule has 0 N–H and O–H groups in total. The van der Waals surface area contributed by atoms with Crippen LogP contribution >= 0.6 is 0 Å². The predicted molar refractivity (Wildman–Crippen MR) is 69.9 cm³/mol. The Kier molecular flexibility index (Phi) is 3.39. The highest BCUT2D eigenvalue weighted by atomic mass is 19.4. The Hall–Kier alpha value is -2.36. The average molecular weight is 309 g/mol. The van der Waals surface area contributed by atoms with E-state index in [1.165, 1.54) is 6.20 Å². The molecule has 1 aliphatic carbocycles. The van der Waals surface area contributed by atoms with Crippen LogP contribution < -0.4 is 0 Å². The molecule has 3 nitrogen and oxygen atoms in total. The standard InChI is InChI=1S/C15H11F4N3/c16-11-5-10(7-20)14(12(6-11)15(17,18)19)22-13-4-2-1-3-9(13)8-21-22/h5-6,8H,1-4H2. The molecule has 3 rings (SSSR count). The Labute approximate surface area is 123 Å². The zero-order chi connectivity index (χ0) is 15.9. The summed E-state index contributed by atoms with van der Waals surface area (Å²) in [6.45, 7) is 0. The number of halogens is 4. The number of alkyl halides is 3. The Morgan fingerprint density at radius 3 is 2.59 bits per heavy atom. The molecule has 2 aromatic rings. The van der Waals surface area contributed by atoms with E-state index in [4.69, 9.17) is 5.26 Å². The van der Waals surface area contributed by atoms with Crippen LogP contribution in [0.25, 0.3) is 5.69 Å². The fourth-order valence-corrected chi connectivity index (χ4v) is 2.81. The molecule has 1 aromatic carbocycles. The van der Waals surface area contributed by atoms with Crippen LogP contribution in [0.2, 0.25) is 0 Å². The largest absolute Gasteiger partial charge is 0.418 e. The summed E-state index contributed by atoms with van der Waals surface area (Å²) in [4.78, 5) is 0. The maximum Gasteiger partial charge on any atom is 0.418 e. The van der Waals surface area contributed by atoms with Crippen LogP contribution in [-0.4, -0.2) is 9.78 Å². The van der Waals surface area contributed by atoms with E-state index >= 15 is 0 Å². The van der Waals surface area contributed by atoms with E-state index in [-0.39, 0.29) is 11.3 Å². The minimum atomic E-state index is -4.77. The number of aromatic nitrogens is 2. The highest BCUT2D eigenvalue weighted by Crippen LogP contribution is 2.37. The lowest BCUT2D eigenvalue weighted by molar-refractivity contribution is -0.137. The van der Waals surface area contributed by atoms with Crippen molar-refractivity contribution in [2.75, 3.05) is 0 Å². The molecule has 0 amide bonds. The van der Waals surface area contributed by atoms with Gasteiger partial charge in [-0.2, -0.15) is 23.5 Å². The van der Waals surface area contributed by atoms with Crippen LogP contribution in [0.4, 0.5) is 17.6 Å². The molecule has 0 unspecified atom stereocenters. The molecule has 1 aliphatic rings. The molecule has 0 radical (unpaired) electrons. The second-order valence-electron chi connectivity index (χ2n) is 5.19. The second-order valence-corrected chi connectivity index (χ2v) is 5.19. The van der Waals surface area contributed by atoms with Crippen molar-refractivity contribution in [1.82, 2.24) is 9.78 Å². The molecule has 0 saturated carbocycles. The summed E-state index contributed by atoms with van der Waals surface area (Å²) in [6, 6.07) is 2.86. The maximum atomic E-state index is 13.4. The summed E-state index contributed by atoms with van der Waals surface area (Å²) in [7, 11) is 0. The molecule has 0 atom stereocenters. The summed E-state index contributed by atoms with van der Waals surface area (Å²) < 4.78 is 54.3. The van der Waals surface area contributed by atoms with Crippen molar-refractivity contribution in [2.24, 2.45) is 0 Å².